The first kappa shape index (κ1) is 14.0. The van der Waals surface area contributed by atoms with Gasteiger partial charge in [-0.1, -0.05) is 30.3 Å². The van der Waals surface area contributed by atoms with Gasteiger partial charge in [-0.25, -0.2) is 0 Å². The van der Waals surface area contributed by atoms with Crippen LogP contribution in [0.1, 0.15) is 24.8 Å². The first-order valence-corrected chi connectivity index (χ1v) is 6.93. The molecule has 1 aliphatic rings. The number of hydrogen-bond acceptors (Lipinski definition) is 3. The Balaban J connectivity index is 1.84. The fraction of sp³-hybridized carbons (Fsp3) is 0.533. The molecule has 104 valence electrons. The maximum absolute atomic E-state index is 12.2. The SMILES string of the molecule is N[C@@H](CCc1ccccc1)C(=O)N(CCO)C1CC1. The van der Waals surface area contributed by atoms with Crippen molar-refractivity contribution in [2.45, 2.75) is 37.8 Å². The Morgan fingerprint density at radius 2 is 2.05 bits per heavy atom. The van der Waals surface area contributed by atoms with Gasteiger partial charge in [0.05, 0.1) is 12.6 Å². The molecular weight excluding hydrogens is 240 g/mol. The highest BCUT2D eigenvalue weighted by Crippen LogP contribution is 2.27. The maximum atomic E-state index is 12.2. The van der Waals surface area contributed by atoms with E-state index in [1.165, 1.54) is 5.56 Å². The summed E-state index contributed by atoms with van der Waals surface area (Å²) in [7, 11) is 0. The lowest BCUT2D eigenvalue weighted by Crippen LogP contribution is -2.46. The Labute approximate surface area is 114 Å². The van der Waals surface area contributed by atoms with Crippen molar-refractivity contribution in [3.05, 3.63) is 35.9 Å². The summed E-state index contributed by atoms with van der Waals surface area (Å²) in [5, 5.41) is 9.02. The third kappa shape index (κ3) is 4.04. The molecule has 1 fully saturated rings. The molecule has 19 heavy (non-hydrogen) atoms. The average Bonchev–Trinajstić information content (AvgIpc) is 3.27. The molecule has 1 aliphatic carbocycles. The number of hydrogen-bond donors (Lipinski definition) is 2. The summed E-state index contributed by atoms with van der Waals surface area (Å²) in [5.74, 6) is -0.0209. The first-order chi connectivity index (χ1) is 9.22. The second-order valence-corrected chi connectivity index (χ2v) is 5.12. The van der Waals surface area contributed by atoms with Crippen LogP contribution in [0.15, 0.2) is 30.3 Å². The van der Waals surface area contributed by atoms with Crippen molar-refractivity contribution < 1.29 is 9.90 Å². The summed E-state index contributed by atoms with van der Waals surface area (Å²) in [6.07, 6.45) is 3.54. The Morgan fingerprint density at radius 1 is 1.37 bits per heavy atom. The van der Waals surface area contributed by atoms with E-state index in [0.29, 0.717) is 19.0 Å². The van der Waals surface area contributed by atoms with E-state index < -0.39 is 6.04 Å². The van der Waals surface area contributed by atoms with Gasteiger partial charge in [0.1, 0.15) is 0 Å². The largest absolute Gasteiger partial charge is 0.395 e. The topological polar surface area (TPSA) is 66.6 Å². The number of aryl methyl sites for hydroxylation is 1. The van der Waals surface area contributed by atoms with Gasteiger partial charge in [0, 0.05) is 12.6 Å². The van der Waals surface area contributed by atoms with Crippen LogP contribution in [0.4, 0.5) is 0 Å². The first-order valence-electron chi connectivity index (χ1n) is 6.93. The summed E-state index contributed by atoms with van der Waals surface area (Å²) in [4.78, 5) is 14.0. The van der Waals surface area contributed by atoms with Crippen LogP contribution < -0.4 is 5.73 Å². The van der Waals surface area contributed by atoms with E-state index >= 15 is 0 Å². The molecule has 0 unspecified atom stereocenters. The fourth-order valence-corrected chi connectivity index (χ4v) is 2.27. The number of aliphatic hydroxyl groups is 1. The predicted molar refractivity (Wildman–Crippen MR) is 74.6 cm³/mol. The minimum Gasteiger partial charge on any atom is -0.395 e. The number of carbonyl (C=O) groups is 1. The summed E-state index contributed by atoms with van der Waals surface area (Å²) in [6, 6.07) is 9.89. The number of nitrogens with zero attached hydrogens (tertiary/aromatic N) is 1. The molecular formula is C15H22N2O2. The molecule has 2 rings (SSSR count). The second-order valence-electron chi connectivity index (χ2n) is 5.12. The van der Waals surface area contributed by atoms with Crippen LogP contribution in [0.2, 0.25) is 0 Å². The third-order valence-corrected chi connectivity index (χ3v) is 3.52. The number of nitrogens with two attached hydrogens (primary N) is 1. The molecule has 4 heteroatoms. The van der Waals surface area contributed by atoms with Gasteiger partial charge < -0.3 is 15.7 Å². The van der Waals surface area contributed by atoms with Gasteiger partial charge >= 0.3 is 0 Å². The van der Waals surface area contributed by atoms with Crippen molar-refractivity contribution in [3.8, 4) is 0 Å². The van der Waals surface area contributed by atoms with Crippen LogP contribution in [-0.2, 0) is 11.2 Å². The van der Waals surface area contributed by atoms with E-state index in [1.807, 2.05) is 30.3 Å². The molecule has 1 atom stereocenters. The minimum absolute atomic E-state index is 0.00758. The summed E-state index contributed by atoms with van der Waals surface area (Å²) < 4.78 is 0. The standard InChI is InChI=1S/C15H22N2O2/c16-14(9-6-12-4-2-1-3-5-12)15(19)17(10-11-18)13-7-8-13/h1-5,13-14,18H,6-11,16H2/t14-/m0/s1. The zero-order valence-corrected chi connectivity index (χ0v) is 11.2. The molecule has 3 N–H and O–H groups in total. The lowest BCUT2D eigenvalue weighted by atomic mass is 10.0. The highest BCUT2D eigenvalue weighted by molar-refractivity contribution is 5.82. The van der Waals surface area contributed by atoms with E-state index in [0.717, 1.165) is 19.3 Å². The zero-order chi connectivity index (χ0) is 13.7. The molecule has 0 heterocycles. The van der Waals surface area contributed by atoms with Gasteiger partial charge in [-0.05, 0) is 31.2 Å². The Kier molecular flexibility index (Phi) is 4.93. The van der Waals surface area contributed by atoms with Crippen molar-refractivity contribution in [1.29, 1.82) is 0 Å². The van der Waals surface area contributed by atoms with E-state index in [2.05, 4.69) is 0 Å². The van der Waals surface area contributed by atoms with Crippen molar-refractivity contribution in [1.82, 2.24) is 4.90 Å². The fourth-order valence-electron chi connectivity index (χ4n) is 2.27. The highest BCUT2D eigenvalue weighted by atomic mass is 16.3. The molecule has 1 aromatic carbocycles. The van der Waals surface area contributed by atoms with Crippen LogP contribution in [0.25, 0.3) is 0 Å². The average molecular weight is 262 g/mol. The third-order valence-electron chi connectivity index (χ3n) is 3.52. The molecule has 0 radical (unpaired) electrons. The van der Waals surface area contributed by atoms with Crippen molar-refractivity contribution >= 4 is 5.91 Å². The van der Waals surface area contributed by atoms with Crippen LogP contribution >= 0.6 is 0 Å². The smallest absolute Gasteiger partial charge is 0.239 e. The van der Waals surface area contributed by atoms with Crippen LogP contribution in [0, 0.1) is 0 Å². The second kappa shape index (κ2) is 6.68. The Morgan fingerprint density at radius 3 is 2.63 bits per heavy atom. The molecule has 4 nitrogen and oxygen atoms in total. The van der Waals surface area contributed by atoms with E-state index in [9.17, 15) is 4.79 Å². The quantitative estimate of drug-likeness (QED) is 0.768. The molecule has 0 aromatic heterocycles. The number of rotatable bonds is 7. The van der Waals surface area contributed by atoms with Crippen LogP contribution in [-0.4, -0.2) is 41.1 Å². The lowest BCUT2D eigenvalue weighted by molar-refractivity contribution is -0.133. The molecule has 0 bridgehead atoms. The zero-order valence-electron chi connectivity index (χ0n) is 11.2. The summed E-state index contributed by atoms with van der Waals surface area (Å²) in [5.41, 5.74) is 7.19. The Hall–Kier alpha value is -1.39. The highest BCUT2D eigenvalue weighted by Gasteiger charge is 2.34. The lowest BCUT2D eigenvalue weighted by Gasteiger charge is -2.24. The summed E-state index contributed by atoms with van der Waals surface area (Å²) >= 11 is 0. The van der Waals surface area contributed by atoms with Crippen LogP contribution in [0.3, 0.4) is 0 Å². The molecule has 1 saturated carbocycles. The van der Waals surface area contributed by atoms with E-state index in [4.69, 9.17) is 10.8 Å². The van der Waals surface area contributed by atoms with E-state index in [1.54, 1.807) is 4.90 Å². The molecule has 1 aromatic rings. The van der Waals surface area contributed by atoms with Gasteiger partial charge in [0.25, 0.3) is 0 Å². The van der Waals surface area contributed by atoms with Crippen molar-refractivity contribution in [2.24, 2.45) is 5.73 Å². The summed E-state index contributed by atoms with van der Waals surface area (Å²) in [6.45, 7) is 0.413. The number of benzene rings is 1. The van der Waals surface area contributed by atoms with Gasteiger partial charge in [-0.2, -0.15) is 0 Å². The number of carbonyl (C=O) groups excluding carboxylic acids is 1. The van der Waals surface area contributed by atoms with Crippen molar-refractivity contribution in [3.63, 3.8) is 0 Å². The van der Waals surface area contributed by atoms with Gasteiger partial charge in [0.2, 0.25) is 5.91 Å². The van der Waals surface area contributed by atoms with Gasteiger partial charge in [-0.3, -0.25) is 4.79 Å². The molecule has 0 saturated heterocycles. The maximum Gasteiger partial charge on any atom is 0.239 e. The van der Waals surface area contributed by atoms with E-state index in [-0.39, 0.29) is 12.5 Å². The Bertz CT molecular complexity index is 404. The number of aliphatic hydroxyl groups excluding tert-OH is 1. The van der Waals surface area contributed by atoms with Crippen LogP contribution in [0.5, 0.6) is 0 Å². The molecule has 1 amide bonds. The molecule has 0 aliphatic heterocycles. The van der Waals surface area contributed by atoms with Gasteiger partial charge in [-0.15, -0.1) is 0 Å². The van der Waals surface area contributed by atoms with Gasteiger partial charge in [0.15, 0.2) is 0 Å². The predicted octanol–water partition coefficient (Wildman–Crippen LogP) is 0.930. The minimum atomic E-state index is -0.465. The molecule has 0 spiro atoms. The number of amides is 1. The normalized spacial score (nSPS) is 16.1. The monoisotopic (exact) mass is 262 g/mol. The van der Waals surface area contributed by atoms with Crippen molar-refractivity contribution in [2.75, 3.05) is 13.2 Å².